The number of aliphatic hydroxyl groups is 1. The van der Waals surface area contributed by atoms with Gasteiger partial charge in [-0.05, 0) is 120 Å². The number of hydrogen-bond donors (Lipinski definition) is 1. The van der Waals surface area contributed by atoms with E-state index in [4.69, 9.17) is 18.4 Å². The second-order valence-corrected chi connectivity index (χ2v) is 19.4. The Morgan fingerprint density at radius 3 is 1.85 bits per heavy atom. The Balaban J connectivity index is 0.990. The van der Waals surface area contributed by atoms with E-state index in [9.17, 15) is 27.1 Å². The van der Waals surface area contributed by atoms with Gasteiger partial charge in [-0.15, -0.1) is 0 Å². The van der Waals surface area contributed by atoms with E-state index in [0.717, 1.165) is 23.1 Å². The van der Waals surface area contributed by atoms with Crippen LogP contribution in [0.25, 0.3) is 11.1 Å². The van der Waals surface area contributed by atoms with Crippen molar-refractivity contribution in [3.8, 4) is 16.9 Å². The van der Waals surface area contributed by atoms with Crippen LogP contribution in [0.2, 0.25) is 0 Å². The van der Waals surface area contributed by atoms with Crippen molar-refractivity contribution in [3.63, 3.8) is 0 Å². The minimum absolute atomic E-state index is 0.0208. The first-order valence-corrected chi connectivity index (χ1v) is 23.8. The molecule has 3 saturated heterocycles. The van der Waals surface area contributed by atoms with E-state index in [1.54, 1.807) is 41.3 Å². The van der Waals surface area contributed by atoms with E-state index in [2.05, 4.69) is 34.6 Å². The maximum atomic E-state index is 13.8. The number of nitrogens with zero attached hydrogens (tertiary/aromatic N) is 1. The van der Waals surface area contributed by atoms with Gasteiger partial charge < -0.3 is 28.4 Å². The third-order valence-electron chi connectivity index (χ3n) is 14.1. The van der Waals surface area contributed by atoms with Gasteiger partial charge in [-0.2, -0.15) is 8.42 Å². The number of carbonyl (C=O) groups excluding carboxylic acids is 1. The zero-order valence-corrected chi connectivity index (χ0v) is 37.5. The van der Waals surface area contributed by atoms with Crippen molar-refractivity contribution in [3.05, 3.63) is 120 Å². The number of carbonyl (C=O) groups is 1. The molecule has 3 heterocycles. The second-order valence-electron chi connectivity index (χ2n) is 17.8. The summed E-state index contributed by atoms with van der Waals surface area (Å²) >= 11 is 0. The molecule has 334 valence electrons. The van der Waals surface area contributed by atoms with Crippen LogP contribution in [0, 0.1) is 47.1 Å². The van der Waals surface area contributed by atoms with E-state index in [1.807, 2.05) is 38.1 Å². The molecular formula is C50H61F2NO8S. The summed E-state index contributed by atoms with van der Waals surface area (Å²) in [5.41, 5.74) is 3.72. The molecule has 3 aliphatic heterocycles. The number of aliphatic hydroxyl groups excluding tert-OH is 1. The molecule has 13 atom stereocenters. The minimum Gasteiger partial charge on any atom is -0.388 e. The van der Waals surface area contributed by atoms with Gasteiger partial charge in [-0.25, -0.2) is 8.78 Å². The molecule has 4 unspecified atom stereocenters. The molecule has 3 aliphatic rings. The molecule has 0 spiro atoms. The molecule has 9 nitrogen and oxygen atoms in total. The molecule has 0 saturated carbocycles. The van der Waals surface area contributed by atoms with Crippen LogP contribution in [-0.2, 0) is 29.1 Å². The van der Waals surface area contributed by atoms with E-state index >= 15 is 0 Å². The Kier molecular flexibility index (Phi) is 14.2. The average molecular weight is 874 g/mol. The molecule has 0 aromatic heterocycles. The predicted octanol–water partition coefficient (Wildman–Crippen LogP) is 10.4. The van der Waals surface area contributed by atoms with E-state index in [-0.39, 0.29) is 65.8 Å². The maximum absolute atomic E-state index is 13.8. The zero-order chi connectivity index (χ0) is 44.5. The number of halogens is 2. The van der Waals surface area contributed by atoms with Gasteiger partial charge >= 0.3 is 10.1 Å². The standard InChI is InChI=1S/C50H61F2NO8S/c1-8-44-30(4)29(3)33(7)50(59-44)60-48-32(6)31(5)46(58-45(48)9-2)28-62(56,57)61-41-24-16-35(17-25-41)34-10-12-37(13-11-34)47-42(26-27-43(54)36-14-18-38(51)19-15-36)49(55)53(47)40-22-20-39(52)21-23-40/h10-25,29-33,42-48,50,54H,8-9,26-28H2,1-7H3/t29-,30-,31?,32+,33?,42+,43-,44?,45?,46-,47+,48-,50-/m0/s1. The van der Waals surface area contributed by atoms with E-state index < -0.39 is 39.9 Å². The molecule has 4 aromatic carbocycles. The summed E-state index contributed by atoms with van der Waals surface area (Å²) in [4.78, 5) is 15.2. The number of ether oxygens (including phenoxy) is 3. The van der Waals surface area contributed by atoms with Crippen molar-refractivity contribution in [1.29, 1.82) is 0 Å². The molecule has 0 bridgehead atoms. The monoisotopic (exact) mass is 873 g/mol. The highest BCUT2D eigenvalue weighted by molar-refractivity contribution is 7.87. The summed E-state index contributed by atoms with van der Waals surface area (Å²) in [6.45, 7) is 15.0. The van der Waals surface area contributed by atoms with Crippen LogP contribution in [0.4, 0.5) is 14.5 Å². The number of hydrogen-bond acceptors (Lipinski definition) is 8. The molecule has 12 heteroatoms. The maximum Gasteiger partial charge on any atom is 0.311 e. The number of β-lactam (4-membered cyclic amide) rings is 1. The fourth-order valence-electron chi connectivity index (χ4n) is 9.65. The summed E-state index contributed by atoms with van der Waals surface area (Å²) in [7, 11) is -4.03. The minimum atomic E-state index is -4.03. The van der Waals surface area contributed by atoms with Crippen LogP contribution in [-0.4, -0.2) is 55.9 Å². The lowest BCUT2D eigenvalue weighted by atomic mass is 9.77. The van der Waals surface area contributed by atoms with E-state index in [0.29, 0.717) is 42.3 Å². The molecule has 1 N–H and O–H groups in total. The lowest BCUT2D eigenvalue weighted by molar-refractivity contribution is -0.299. The first kappa shape index (κ1) is 45.8. The van der Waals surface area contributed by atoms with Crippen LogP contribution in [0.1, 0.15) is 97.4 Å². The Morgan fingerprint density at radius 1 is 0.694 bits per heavy atom. The highest BCUT2D eigenvalue weighted by Gasteiger charge is 2.49. The predicted molar refractivity (Wildman–Crippen MR) is 236 cm³/mol. The van der Waals surface area contributed by atoms with Crippen LogP contribution < -0.4 is 9.08 Å². The van der Waals surface area contributed by atoms with Gasteiger partial charge in [0.2, 0.25) is 5.91 Å². The van der Waals surface area contributed by atoms with Crippen LogP contribution in [0.3, 0.4) is 0 Å². The highest BCUT2D eigenvalue weighted by atomic mass is 32.2. The quantitative estimate of drug-likeness (QED) is 0.0929. The zero-order valence-electron chi connectivity index (χ0n) is 36.7. The van der Waals surface area contributed by atoms with Gasteiger partial charge in [0, 0.05) is 11.6 Å². The number of anilines is 1. The van der Waals surface area contributed by atoms with Gasteiger partial charge in [-0.1, -0.05) is 97.0 Å². The SMILES string of the molecule is CCC1O[C@@H](O[C@@H]2C(CC)O[C@@H](CS(=O)(=O)Oc3ccc(-c4ccc([C@@H]5[C@@H](CC[C@H](O)c6ccc(F)cc6)C(=O)N5c5ccc(F)cc5)cc4)cc3)C(C)[C@H]2C)C(C)[C@@H](C)[C@@H]1C. The third kappa shape index (κ3) is 9.79. The smallest absolute Gasteiger partial charge is 0.311 e. The fourth-order valence-corrected chi connectivity index (χ4v) is 10.9. The van der Waals surface area contributed by atoms with Gasteiger partial charge in [0.05, 0.1) is 42.5 Å². The molecule has 4 aromatic rings. The second kappa shape index (κ2) is 19.3. The summed E-state index contributed by atoms with van der Waals surface area (Å²) in [6.07, 6.45) is 0.0820. The van der Waals surface area contributed by atoms with Crippen molar-refractivity contribution in [1.82, 2.24) is 0 Å². The molecular weight excluding hydrogens is 813 g/mol. The number of rotatable bonds is 15. The van der Waals surface area contributed by atoms with E-state index in [1.165, 1.54) is 36.4 Å². The third-order valence-corrected chi connectivity index (χ3v) is 15.3. The Morgan fingerprint density at radius 2 is 1.26 bits per heavy atom. The molecule has 3 fully saturated rings. The lowest BCUT2D eigenvalue weighted by Gasteiger charge is -2.49. The molecule has 1 amide bonds. The Bertz CT molecular complexity index is 2220. The highest BCUT2D eigenvalue weighted by Crippen LogP contribution is 2.47. The van der Waals surface area contributed by atoms with Crippen molar-refractivity contribution < 1.29 is 45.5 Å². The molecule has 0 aliphatic carbocycles. The number of benzene rings is 4. The Hall–Kier alpha value is -4.20. The molecule has 0 radical (unpaired) electrons. The van der Waals surface area contributed by atoms with Gasteiger partial charge in [-0.3, -0.25) is 4.79 Å². The van der Waals surface area contributed by atoms with Crippen LogP contribution in [0.15, 0.2) is 97.1 Å². The summed E-state index contributed by atoms with van der Waals surface area (Å²) in [6, 6.07) is 25.7. The van der Waals surface area contributed by atoms with Gasteiger partial charge in [0.15, 0.2) is 6.29 Å². The lowest BCUT2D eigenvalue weighted by Crippen LogP contribution is -2.55. The Labute approximate surface area is 365 Å². The molecule has 7 rings (SSSR count). The summed E-state index contributed by atoms with van der Waals surface area (Å²) < 4.78 is 79.7. The van der Waals surface area contributed by atoms with Gasteiger partial charge in [0.25, 0.3) is 0 Å². The normalized spacial score (nSPS) is 30.7. The van der Waals surface area contributed by atoms with Crippen LogP contribution in [0.5, 0.6) is 5.75 Å². The topological polar surface area (TPSA) is 112 Å². The van der Waals surface area contributed by atoms with Crippen molar-refractivity contribution in [2.45, 2.75) is 117 Å². The fraction of sp³-hybridized carbons (Fsp3) is 0.500. The molecule has 62 heavy (non-hydrogen) atoms. The first-order valence-electron chi connectivity index (χ1n) is 22.2. The summed E-state index contributed by atoms with van der Waals surface area (Å²) in [5.74, 6) is -0.465. The van der Waals surface area contributed by atoms with Gasteiger partial charge in [0.1, 0.15) is 23.1 Å². The van der Waals surface area contributed by atoms with Crippen molar-refractivity contribution in [2.24, 2.45) is 35.5 Å². The number of amides is 1. The first-order chi connectivity index (χ1) is 29.6. The van der Waals surface area contributed by atoms with Crippen molar-refractivity contribution >= 4 is 21.7 Å². The van der Waals surface area contributed by atoms with Crippen LogP contribution >= 0.6 is 0 Å². The summed E-state index contributed by atoms with van der Waals surface area (Å²) in [5, 5.41) is 10.8. The largest absolute Gasteiger partial charge is 0.388 e. The van der Waals surface area contributed by atoms with Crippen molar-refractivity contribution in [2.75, 3.05) is 10.7 Å². The average Bonchev–Trinajstić information content (AvgIpc) is 3.26.